The summed E-state index contributed by atoms with van der Waals surface area (Å²) in [5, 5.41) is 2.82. The fourth-order valence-electron chi connectivity index (χ4n) is 1.94. The van der Waals surface area contributed by atoms with Crippen molar-refractivity contribution in [3.05, 3.63) is 65.7 Å². The lowest BCUT2D eigenvalue weighted by atomic mass is 10.1. The number of amides is 1. The molecule has 20 heavy (non-hydrogen) atoms. The van der Waals surface area contributed by atoms with Gasteiger partial charge in [0.2, 0.25) is 5.91 Å². The number of ether oxygens (including phenoxy) is 1. The summed E-state index contributed by atoms with van der Waals surface area (Å²) in [4.78, 5) is 12.1. The Morgan fingerprint density at radius 1 is 1.20 bits per heavy atom. The van der Waals surface area contributed by atoms with E-state index in [0.717, 1.165) is 16.8 Å². The molecule has 4 nitrogen and oxygen atoms in total. The number of rotatable bonds is 5. The molecule has 4 heteroatoms. The zero-order valence-electron chi connectivity index (χ0n) is 11.4. The summed E-state index contributed by atoms with van der Waals surface area (Å²) in [5.74, 6) is -0.231. The highest BCUT2D eigenvalue weighted by Crippen LogP contribution is 2.15. The van der Waals surface area contributed by atoms with Crippen molar-refractivity contribution in [2.24, 2.45) is 5.73 Å². The van der Waals surface area contributed by atoms with E-state index in [1.807, 2.05) is 54.6 Å². The first-order valence-corrected chi connectivity index (χ1v) is 6.40. The zero-order chi connectivity index (χ0) is 14.4. The van der Waals surface area contributed by atoms with E-state index < -0.39 is 6.04 Å². The van der Waals surface area contributed by atoms with Crippen molar-refractivity contribution in [3.63, 3.8) is 0 Å². The highest BCUT2D eigenvalue weighted by atomic mass is 16.5. The molecule has 0 saturated heterocycles. The molecule has 1 amide bonds. The van der Waals surface area contributed by atoms with Gasteiger partial charge in [0, 0.05) is 12.8 Å². The van der Waals surface area contributed by atoms with Gasteiger partial charge in [-0.3, -0.25) is 4.79 Å². The fraction of sp³-hybridized carbons (Fsp3) is 0.188. The van der Waals surface area contributed by atoms with E-state index >= 15 is 0 Å². The third kappa shape index (κ3) is 3.66. The van der Waals surface area contributed by atoms with E-state index in [1.165, 1.54) is 0 Å². The second-order valence-corrected chi connectivity index (χ2v) is 4.51. The van der Waals surface area contributed by atoms with Crippen LogP contribution in [0.5, 0.6) is 0 Å². The minimum Gasteiger partial charge on any atom is -0.380 e. The van der Waals surface area contributed by atoms with Gasteiger partial charge in [-0.1, -0.05) is 42.5 Å². The summed E-state index contributed by atoms with van der Waals surface area (Å²) >= 11 is 0. The summed E-state index contributed by atoms with van der Waals surface area (Å²) in [6.07, 6.45) is 0. The van der Waals surface area contributed by atoms with Crippen LogP contribution in [0.15, 0.2) is 54.6 Å². The van der Waals surface area contributed by atoms with E-state index in [-0.39, 0.29) is 5.91 Å². The first-order chi connectivity index (χ1) is 9.70. The number of benzene rings is 2. The first kappa shape index (κ1) is 14.2. The van der Waals surface area contributed by atoms with Gasteiger partial charge in [-0.05, 0) is 23.3 Å². The van der Waals surface area contributed by atoms with Gasteiger partial charge in [-0.2, -0.15) is 0 Å². The molecule has 2 rings (SSSR count). The molecule has 0 unspecified atom stereocenters. The Hall–Kier alpha value is -2.17. The van der Waals surface area contributed by atoms with Crippen LogP contribution in [0.3, 0.4) is 0 Å². The van der Waals surface area contributed by atoms with Crippen molar-refractivity contribution < 1.29 is 9.53 Å². The monoisotopic (exact) mass is 270 g/mol. The van der Waals surface area contributed by atoms with E-state index in [1.54, 1.807) is 7.11 Å². The van der Waals surface area contributed by atoms with Crippen LogP contribution in [0, 0.1) is 0 Å². The van der Waals surface area contributed by atoms with E-state index in [4.69, 9.17) is 10.5 Å². The van der Waals surface area contributed by atoms with E-state index in [0.29, 0.717) is 6.61 Å². The first-order valence-electron chi connectivity index (χ1n) is 6.40. The number of nitrogens with two attached hydrogens (primary N) is 1. The molecule has 3 N–H and O–H groups in total. The van der Waals surface area contributed by atoms with Gasteiger partial charge in [-0.15, -0.1) is 0 Å². The van der Waals surface area contributed by atoms with Gasteiger partial charge in [0.25, 0.3) is 0 Å². The molecule has 0 bridgehead atoms. The van der Waals surface area contributed by atoms with Gasteiger partial charge in [-0.25, -0.2) is 0 Å². The maximum absolute atomic E-state index is 12.1. The minimum atomic E-state index is -0.678. The van der Waals surface area contributed by atoms with Gasteiger partial charge in [0.15, 0.2) is 0 Å². The summed E-state index contributed by atoms with van der Waals surface area (Å²) in [5.41, 5.74) is 8.45. The Morgan fingerprint density at radius 3 is 2.65 bits per heavy atom. The summed E-state index contributed by atoms with van der Waals surface area (Å²) in [7, 11) is 1.64. The third-order valence-electron chi connectivity index (χ3n) is 2.95. The molecule has 2 aromatic rings. The zero-order valence-corrected chi connectivity index (χ0v) is 11.4. The number of methoxy groups -OCH3 is 1. The van der Waals surface area contributed by atoms with Crippen LogP contribution < -0.4 is 11.1 Å². The largest absolute Gasteiger partial charge is 0.380 e. The molecule has 0 heterocycles. The highest BCUT2D eigenvalue weighted by Gasteiger charge is 2.15. The van der Waals surface area contributed by atoms with Gasteiger partial charge < -0.3 is 15.8 Å². The lowest BCUT2D eigenvalue weighted by Crippen LogP contribution is -2.27. The van der Waals surface area contributed by atoms with Crippen LogP contribution in [-0.2, 0) is 16.1 Å². The average molecular weight is 270 g/mol. The molecular formula is C16H18N2O2. The Labute approximate surface area is 118 Å². The molecular weight excluding hydrogens is 252 g/mol. The van der Waals surface area contributed by atoms with Crippen molar-refractivity contribution in [3.8, 4) is 0 Å². The lowest BCUT2D eigenvalue weighted by Gasteiger charge is -2.13. The Kier molecular flexibility index (Phi) is 4.87. The van der Waals surface area contributed by atoms with Crippen LogP contribution in [0.1, 0.15) is 17.2 Å². The molecule has 0 radical (unpaired) electrons. The Balaban J connectivity index is 2.06. The topological polar surface area (TPSA) is 64.3 Å². The van der Waals surface area contributed by atoms with Crippen molar-refractivity contribution in [2.75, 3.05) is 12.4 Å². The molecule has 0 spiro atoms. The Morgan fingerprint density at radius 2 is 1.95 bits per heavy atom. The number of carbonyl (C=O) groups excluding carboxylic acids is 1. The van der Waals surface area contributed by atoms with Crippen LogP contribution in [0.2, 0.25) is 0 Å². The standard InChI is InChI=1S/C16H18N2O2/c1-20-11-12-6-5-9-14(10-12)18-16(19)15(17)13-7-3-2-4-8-13/h2-10,15H,11,17H2,1H3,(H,18,19)/t15-/m0/s1. The number of nitrogens with one attached hydrogen (secondary N) is 1. The normalized spacial score (nSPS) is 11.9. The molecule has 104 valence electrons. The predicted octanol–water partition coefficient (Wildman–Crippen LogP) is 2.47. The average Bonchev–Trinajstić information content (AvgIpc) is 2.48. The van der Waals surface area contributed by atoms with Crippen LogP contribution in [0.25, 0.3) is 0 Å². The summed E-state index contributed by atoms with van der Waals surface area (Å²) < 4.78 is 5.07. The fourth-order valence-corrected chi connectivity index (χ4v) is 1.94. The van der Waals surface area contributed by atoms with Crippen LogP contribution in [-0.4, -0.2) is 13.0 Å². The minimum absolute atomic E-state index is 0.231. The Bertz CT molecular complexity index is 570. The van der Waals surface area contributed by atoms with E-state index in [9.17, 15) is 4.79 Å². The van der Waals surface area contributed by atoms with Crippen LogP contribution in [0.4, 0.5) is 5.69 Å². The number of hydrogen-bond donors (Lipinski definition) is 2. The van der Waals surface area contributed by atoms with Crippen molar-refractivity contribution in [1.82, 2.24) is 0 Å². The van der Waals surface area contributed by atoms with Crippen molar-refractivity contribution in [1.29, 1.82) is 0 Å². The number of hydrogen-bond acceptors (Lipinski definition) is 3. The molecule has 0 aliphatic heterocycles. The van der Waals surface area contributed by atoms with Gasteiger partial charge in [0.1, 0.15) is 6.04 Å². The van der Waals surface area contributed by atoms with Crippen LogP contribution >= 0.6 is 0 Å². The molecule has 0 aliphatic carbocycles. The number of anilines is 1. The maximum Gasteiger partial charge on any atom is 0.245 e. The molecule has 1 atom stereocenters. The second-order valence-electron chi connectivity index (χ2n) is 4.51. The molecule has 0 saturated carbocycles. The second kappa shape index (κ2) is 6.84. The summed E-state index contributed by atoms with van der Waals surface area (Å²) in [6.45, 7) is 0.508. The smallest absolute Gasteiger partial charge is 0.245 e. The SMILES string of the molecule is COCc1cccc(NC(=O)[C@@H](N)c2ccccc2)c1. The summed E-state index contributed by atoms with van der Waals surface area (Å²) in [6, 6.07) is 16.1. The maximum atomic E-state index is 12.1. The van der Waals surface area contributed by atoms with Gasteiger partial charge in [0.05, 0.1) is 6.61 Å². The van der Waals surface area contributed by atoms with Gasteiger partial charge >= 0.3 is 0 Å². The van der Waals surface area contributed by atoms with Crippen molar-refractivity contribution >= 4 is 11.6 Å². The van der Waals surface area contributed by atoms with Crippen molar-refractivity contribution in [2.45, 2.75) is 12.6 Å². The predicted molar refractivity (Wildman–Crippen MR) is 79.2 cm³/mol. The van der Waals surface area contributed by atoms with E-state index in [2.05, 4.69) is 5.32 Å². The molecule has 0 aromatic heterocycles. The molecule has 0 aliphatic rings. The number of carbonyl (C=O) groups is 1. The molecule has 2 aromatic carbocycles. The highest BCUT2D eigenvalue weighted by molar-refractivity contribution is 5.95. The quantitative estimate of drug-likeness (QED) is 0.877. The third-order valence-corrected chi connectivity index (χ3v) is 2.95. The lowest BCUT2D eigenvalue weighted by molar-refractivity contribution is -0.117. The molecule has 0 fully saturated rings.